The van der Waals surface area contributed by atoms with Crippen LogP contribution in [0.2, 0.25) is 0 Å². The molecule has 0 radical (unpaired) electrons. The summed E-state index contributed by atoms with van der Waals surface area (Å²) in [5.74, 6) is 0. The Morgan fingerprint density at radius 2 is 2.17 bits per heavy atom. The van der Waals surface area contributed by atoms with Crippen molar-refractivity contribution in [2.75, 3.05) is 6.54 Å². The summed E-state index contributed by atoms with van der Waals surface area (Å²) in [6.07, 6.45) is 4.35. The van der Waals surface area contributed by atoms with Gasteiger partial charge in [0.1, 0.15) is 0 Å². The van der Waals surface area contributed by atoms with Crippen LogP contribution < -0.4 is 0 Å². The summed E-state index contributed by atoms with van der Waals surface area (Å²) < 4.78 is 0. The van der Waals surface area contributed by atoms with E-state index < -0.39 is 0 Å². The Kier molecular flexibility index (Phi) is 1.86. The Labute approximate surface area is 73.3 Å². The zero-order valence-electron chi connectivity index (χ0n) is 7.33. The number of hydrogen-bond acceptors (Lipinski definition) is 1. The first kappa shape index (κ1) is 7.41. The first-order valence-corrected chi connectivity index (χ1v) is 4.40. The molecule has 1 nitrogen and oxygen atoms in total. The average Bonchev–Trinajstić information content (AvgIpc) is 2.17. The Balaban J connectivity index is 2.33. The van der Waals surface area contributed by atoms with Gasteiger partial charge >= 0.3 is 0 Å². The topological polar surface area (TPSA) is 3.24 Å². The van der Waals surface area contributed by atoms with Gasteiger partial charge in [0.25, 0.3) is 0 Å². The minimum absolute atomic E-state index is 1.06. The lowest BCUT2D eigenvalue weighted by molar-refractivity contribution is 0.387. The number of fused-ring (bicyclic) bond motifs is 1. The van der Waals surface area contributed by atoms with Gasteiger partial charge in [-0.2, -0.15) is 0 Å². The molecule has 0 bridgehead atoms. The van der Waals surface area contributed by atoms with E-state index in [1.54, 1.807) is 0 Å². The van der Waals surface area contributed by atoms with Gasteiger partial charge in [0.05, 0.1) is 0 Å². The quantitative estimate of drug-likeness (QED) is 0.608. The Bertz CT molecular complexity index is 302. The second kappa shape index (κ2) is 3.02. The molecular formula is C11H13N. The molecule has 2 rings (SSSR count). The molecule has 1 aliphatic heterocycles. The molecule has 1 aliphatic rings. The second-order valence-electron chi connectivity index (χ2n) is 3.08. The molecule has 0 amide bonds. The first-order chi connectivity index (χ1) is 5.90. The van der Waals surface area contributed by atoms with Crippen LogP contribution in [-0.4, -0.2) is 11.4 Å². The van der Waals surface area contributed by atoms with E-state index in [1.807, 2.05) is 0 Å². The van der Waals surface area contributed by atoms with Gasteiger partial charge in [-0.3, -0.25) is 0 Å². The third-order valence-electron chi connectivity index (χ3n) is 2.30. The molecule has 62 valence electrons. The van der Waals surface area contributed by atoms with E-state index in [0.717, 1.165) is 13.1 Å². The van der Waals surface area contributed by atoms with E-state index in [4.69, 9.17) is 0 Å². The average molecular weight is 159 g/mol. The highest BCUT2D eigenvalue weighted by molar-refractivity contribution is 5.55. The Morgan fingerprint density at radius 3 is 3.00 bits per heavy atom. The van der Waals surface area contributed by atoms with Crippen molar-refractivity contribution in [1.82, 2.24) is 4.90 Å². The number of nitrogens with zero attached hydrogens (tertiary/aromatic N) is 1. The van der Waals surface area contributed by atoms with Crippen molar-refractivity contribution in [2.24, 2.45) is 0 Å². The lowest BCUT2D eigenvalue weighted by Gasteiger charge is -2.23. The van der Waals surface area contributed by atoms with Crippen molar-refractivity contribution in [3.8, 4) is 0 Å². The number of hydrogen-bond donors (Lipinski definition) is 0. The standard InChI is InChI=1S/C11H13N/c1-2-12-8-7-10-5-3-4-6-11(10)9-12/h3-8H,2,9H2,1H3. The maximum absolute atomic E-state index is 2.31. The summed E-state index contributed by atoms with van der Waals surface area (Å²) in [7, 11) is 0. The van der Waals surface area contributed by atoms with Crippen molar-refractivity contribution in [3.05, 3.63) is 41.6 Å². The van der Waals surface area contributed by atoms with Gasteiger partial charge in [0, 0.05) is 13.1 Å². The van der Waals surface area contributed by atoms with Crippen LogP contribution in [0.25, 0.3) is 6.08 Å². The van der Waals surface area contributed by atoms with Crippen molar-refractivity contribution < 1.29 is 0 Å². The van der Waals surface area contributed by atoms with Crippen LogP contribution >= 0.6 is 0 Å². The van der Waals surface area contributed by atoms with Gasteiger partial charge in [-0.1, -0.05) is 24.3 Å². The Morgan fingerprint density at radius 1 is 1.33 bits per heavy atom. The Hall–Kier alpha value is -1.24. The predicted molar refractivity (Wildman–Crippen MR) is 51.6 cm³/mol. The molecule has 0 fully saturated rings. The summed E-state index contributed by atoms with van der Waals surface area (Å²) in [5, 5.41) is 0. The molecule has 1 heteroatoms. The van der Waals surface area contributed by atoms with Crippen molar-refractivity contribution in [3.63, 3.8) is 0 Å². The van der Waals surface area contributed by atoms with E-state index in [2.05, 4.69) is 48.4 Å². The number of benzene rings is 1. The molecule has 0 saturated carbocycles. The zero-order valence-corrected chi connectivity index (χ0v) is 7.33. The predicted octanol–water partition coefficient (Wildman–Crippen LogP) is 2.49. The lowest BCUT2D eigenvalue weighted by atomic mass is 10.0. The van der Waals surface area contributed by atoms with Crippen LogP contribution in [0.4, 0.5) is 0 Å². The maximum Gasteiger partial charge on any atom is 0.0429 e. The second-order valence-corrected chi connectivity index (χ2v) is 3.08. The van der Waals surface area contributed by atoms with Crippen LogP contribution in [0.1, 0.15) is 18.1 Å². The third kappa shape index (κ3) is 1.22. The minimum atomic E-state index is 1.06. The summed E-state index contributed by atoms with van der Waals surface area (Å²) in [5.41, 5.74) is 2.80. The SMILES string of the molecule is CCN1C=Cc2ccccc2C1. The minimum Gasteiger partial charge on any atom is -0.373 e. The van der Waals surface area contributed by atoms with Gasteiger partial charge in [0.15, 0.2) is 0 Å². The fourth-order valence-electron chi connectivity index (χ4n) is 1.52. The largest absolute Gasteiger partial charge is 0.373 e. The molecule has 0 atom stereocenters. The highest BCUT2D eigenvalue weighted by atomic mass is 15.1. The molecule has 0 aromatic heterocycles. The summed E-state index contributed by atoms with van der Waals surface area (Å²) in [6, 6.07) is 8.55. The maximum atomic E-state index is 2.31. The van der Waals surface area contributed by atoms with E-state index in [0.29, 0.717) is 0 Å². The van der Waals surface area contributed by atoms with Crippen LogP contribution in [0.15, 0.2) is 30.5 Å². The fraction of sp³-hybridized carbons (Fsp3) is 0.273. The van der Waals surface area contributed by atoms with Crippen molar-refractivity contribution >= 4 is 6.08 Å². The molecule has 0 saturated heterocycles. The van der Waals surface area contributed by atoms with Crippen LogP contribution in [0.5, 0.6) is 0 Å². The smallest absolute Gasteiger partial charge is 0.0429 e. The summed E-state index contributed by atoms with van der Waals surface area (Å²) >= 11 is 0. The molecular weight excluding hydrogens is 146 g/mol. The van der Waals surface area contributed by atoms with Gasteiger partial charge in [-0.15, -0.1) is 0 Å². The van der Waals surface area contributed by atoms with E-state index in [-0.39, 0.29) is 0 Å². The molecule has 0 unspecified atom stereocenters. The van der Waals surface area contributed by atoms with Crippen LogP contribution in [0, 0.1) is 0 Å². The lowest BCUT2D eigenvalue weighted by Crippen LogP contribution is -2.18. The van der Waals surface area contributed by atoms with Crippen molar-refractivity contribution in [2.45, 2.75) is 13.5 Å². The van der Waals surface area contributed by atoms with E-state index in [9.17, 15) is 0 Å². The normalized spacial score (nSPS) is 14.6. The summed E-state index contributed by atoms with van der Waals surface area (Å²) in [6.45, 7) is 4.33. The molecule has 1 aromatic carbocycles. The molecule has 0 aliphatic carbocycles. The van der Waals surface area contributed by atoms with Gasteiger partial charge in [-0.25, -0.2) is 0 Å². The van der Waals surface area contributed by atoms with Crippen molar-refractivity contribution in [1.29, 1.82) is 0 Å². The molecule has 0 spiro atoms. The van der Waals surface area contributed by atoms with E-state index >= 15 is 0 Å². The molecule has 1 heterocycles. The number of rotatable bonds is 1. The van der Waals surface area contributed by atoms with E-state index in [1.165, 1.54) is 11.1 Å². The van der Waals surface area contributed by atoms with Gasteiger partial charge < -0.3 is 4.90 Å². The summed E-state index contributed by atoms with van der Waals surface area (Å²) in [4.78, 5) is 2.31. The molecule has 1 aromatic rings. The zero-order chi connectivity index (χ0) is 8.39. The molecule has 0 N–H and O–H groups in total. The van der Waals surface area contributed by atoms with Crippen LogP contribution in [0.3, 0.4) is 0 Å². The fourth-order valence-corrected chi connectivity index (χ4v) is 1.52. The third-order valence-corrected chi connectivity index (χ3v) is 2.30. The molecule has 12 heavy (non-hydrogen) atoms. The highest BCUT2D eigenvalue weighted by Gasteiger charge is 2.06. The monoisotopic (exact) mass is 159 g/mol. The van der Waals surface area contributed by atoms with Gasteiger partial charge in [-0.05, 0) is 30.3 Å². The highest BCUT2D eigenvalue weighted by Crippen LogP contribution is 2.18. The first-order valence-electron chi connectivity index (χ1n) is 4.40. The van der Waals surface area contributed by atoms with Crippen LogP contribution in [-0.2, 0) is 6.54 Å². The van der Waals surface area contributed by atoms with Gasteiger partial charge in [0.2, 0.25) is 0 Å².